The third-order valence-corrected chi connectivity index (χ3v) is 4.75. The average Bonchev–Trinajstić information content (AvgIpc) is 2.84. The summed E-state index contributed by atoms with van der Waals surface area (Å²) >= 11 is 0. The van der Waals surface area contributed by atoms with Gasteiger partial charge < -0.3 is 14.6 Å². The van der Waals surface area contributed by atoms with Crippen LogP contribution in [0.5, 0.6) is 5.75 Å². The number of carbonyl (C=O) groups is 2. The van der Waals surface area contributed by atoms with Crippen LogP contribution in [-0.4, -0.2) is 35.5 Å². The Bertz CT molecular complexity index is 984. The topological polar surface area (TPSA) is 141 Å². The van der Waals surface area contributed by atoms with Gasteiger partial charge in [-0.2, -0.15) is 5.26 Å². The molecule has 2 atom stereocenters. The van der Waals surface area contributed by atoms with E-state index in [1.165, 1.54) is 11.6 Å². The number of nitrogens with zero attached hydrogens (tertiary/aromatic N) is 1. The number of hydrogen-bond acceptors (Lipinski definition) is 7. The Labute approximate surface area is 192 Å². The molecule has 0 heterocycles. The Morgan fingerprint density at radius 2 is 1.91 bits per heavy atom. The molecule has 2 amide bonds. The van der Waals surface area contributed by atoms with E-state index in [4.69, 9.17) is 25.0 Å². The Hall–Kier alpha value is -3.87. The van der Waals surface area contributed by atoms with Gasteiger partial charge in [-0.1, -0.05) is 31.2 Å². The van der Waals surface area contributed by atoms with Crippen molar-refractivity contribution in [2.75, 3.05) is 18.5 Å². The fourth-order valence-electron chi connectivity index (χ4n) is 3.12. The first-order valence-corrected chi connectivity index (χ1v) is 10.4. The van der Waals surface area contributed by atoms with Crippen molar-refractivity contribution in [2.24, 2.45) is 5.92 Å². The van der Waals surface area contributed by atoms with Crippen LogP contribution in [0.25, 0.3) is 0 Å². The number of allylic oxidation sites excluding steroid dienone is 1. The van der Waals surface area contributed by atoms with Gasteiger partial charge in [-0.15, -0.1) is 0 Å². The first kappa shape index (κ1) is 25.4. The summed E-state index contributed by atoms with van der Waals surface area (Å²) in [6.07, 6.45) is 2.55. The van der Waals surface area contributed by atoms with Crippen molar-refractivity contribution < 1.29 is 29.4 Å². The molecule has 0 fully saturated rings. The molecule has 0 saturated heterocycles. The molecular formula is C24H27N3O6. The van der Waals surface area contributed by atoms with E-state index in [1.807, 2.05) is 13.0 Å². The van der Waals surface area contributed by atoms with E-state index in [2.05, 4.69) is 5.32 Å². The van der Waals surface area contributed by atoms with Crippen LogP contribution in [0.4, 0.5) is 10.5 Å². The molecule has 0 bridgehead atoms. The van der Waals surface area contributed by atoms with Gasteiger partial charge in [0.1, 0.15) is 18.5 Å². The van der Waals surface area contributed by atoms with E-state index in [0.29, 0.717) is 35.4 Å². The average molecular weight is 453 g/mol. The van der Waals surface area contributed by atoms with Crippen molar-refractivity contribution in [1.29, 1.82) is 5.26 Å². The van der Waals surface area contributed by atoms with Gasteiger partial charge in [0.2, 0.25) is 0 Å². The van der Waals surface area contributed by atoms with E-state index < -0.39 is 18.1 Å². The van der Waals surface area contributed by atoms with E-state index >= 15 is 0 Å². The number of nitrogens with one attached hydrogen (secondary N) is 2. The fourth-order valence-corrected chi connectivity index (χ4v) is 3.12. The molecule has 0 aromatic heterocycles. The predicted octanol–water partition coefficient (Wildman–Crippen LogP) is 3.70. The Kier molecular flexibility index (Phi) is 10.4. The van der Waals surface area contributed by atoms with Gasteiger partial charge in [-0.25, -0.2) is 10.3 Å². The van der Waals surface area contributed by atoms with Gasteiger partial charge in [0.05, 0.1) is 18.2 Å². The zero-order valence-corrected chi connectivity index (χ0v) is 18.2. The molecule has 2 rings (SSSR count). The predicted molar refractivity (Wildman–Crippen MR) is 120 cm³/mol. The highest BCUT2D eigenvalue weighted by molar-refractivity contribution is 5.86. The summed E-state index contributed by atoms with van der Waals surface area (Å²) in [7, 11) is 0. The van der Waals surface area contributed by atoms with Gasteiger partial charge in [-0.3, -0.25) is 15.3 Å². The standard InChI is InChI=1S/C24H27N3O6/c1-17(6-2-5-9-22(29)27-31)23(20-7-3-4-8-21(20)32-15-14-28)33-24(30)26-19-12-10-18(16-25)11-13-19/h3-5,7-13,17,23,28,31H,2,6,14-15H2,1H3,(H,26,30)(H,27,29)/b9-5+/t17-,23-/m1/s1. The highest BCUT2D eigenvalue weighted by atomic mass is 16.6. The van der Waals surface area contributed by atoms with E-state index in [0.717, 1.165) is 0 Å². The van der Waals surface area contributed by atoms with Crippen LogP contribution < -0.4 is 15.5 Å². The summed E-state index contributed by atoms with van der Waals surface area (Å²) in [4.78, 5) is 23.8. The van der Waals surface area contributed by atoms with Gasteiger partial charge in [0.25, 0.3) is 5.91 Å². The monoisotopic (exact) mass is 453 g/mol. The third kappa shape index (κ3) is 8.29. The normalized spacial score (nSPS) is 12.4. The van der Waals surface area contributed by atoms with Crippen LogP contribution in [0.3, 0.4) is 0 Å². The lowest BCUT2D eigenvalue weighted by Gasteiger charge is -2.26. The number of nitriles is 1. The van der Waals surface area contributed by atoms with Crippen LogP contribution >= 0.6 is 0 Å². The van der Waals surface area contributed by atoms with Crippen LogP contribution in [0.1, 0.15) is 37.0 Å². The summed E-state index contributed by atoms with van der Waals surface area (Å²) in [5.74, 6) is -0.304. The molecule has 0 radical (unpaired) electrons. The Balaban J connectivity index is 2.19. The van der Waals surface area contributed by atoms with Crippen LogP contribution in [-0.2, 0) is 9.53 Å². The van der Waals surface area contributed by atoms with Crippen molar-refractivity contribution in [3.8, 4) is 11.8 Å². The number of rotatable bonds is 11. The van der Waals surface area contributed by atoms with Crippen LogP contribution in [0.2, 0.25) is 0 Å². The first-order chi connectivity index (χ1) is 16.0. The molecule has 0 unspecified atom stereocenters. The summed E-state index contributed by atoms with van der Waals surface area (Å²) < 4.78 is 11.4. The molecule has 174 valence electrons. The van der Waals surface area contributed by atoms with Gasteiger partial charge >= 0.3 is 6.09 Å². The molecule has 33 heavy (non-hydrogen) atoms. The number of ether oxygens (including phenoxy) is 2. The van der Waals surface area contributed by atoms with Crippen molar-refractivity contribution in [1.82, 2.24) is 5.48 Å². The maximum Gasteiger partial charge on any atom is 0.412 e. The molecule has 0 aliphatic rings. The minimum atomic E-state index is -0.682. The molecule has 0 aliphatic heterocycles. The lowest BCUT2D eigenvalue weighted by molar-refractivity contribution is -0.124. The fraction of sp³-hybridized carbons (Fsp3) is 0.292. The van der Waals surface area contributed by atoms with Crippen molar-refractivity contribution >= 4 is 17.7 Å². The quantitative estimate of drug-likeness (QED) is 0.231. The number of aliphatic hydroxyl groups is 1. The molecule has 0 saturated carbocycles. The second kappa shape index (κ2) is 13.5. The number of carbonyl (C=O) groups excluding carboxylic acids is 2. The number of para-hydroxylation sites is 1. The summed E-state index contributed by atoms with van der Waals surface area (Å²) in [6, 6.07) is 15.5. The number of amides is 2. The molecule has 2 aromatic carbocycles. The van der Waals surface area contributed by atoms with Crippen molar-refractivity contribution in [3.05, 3.63) is 71.8 Å². The largest absolute Gasteiger partial charge is 0.491 e. The third-order valence-electron chi connectivity index (χ3n) is 4.75. The highest BCUT2D eigenvalue weighted by Gasteiger charge is 2.26. The minimum Gasteiger partial charge on any atom is -0.491 e. The van der Waals surface area contributed by atoms with E-state index in [1.54, 1.807) is 54.6 Å². The SMILES string of the molecule is C[C@H](CC/C=C/C(=O)NO)[C@@H](OC(=O)Nc1ccc(C#N)cc1)c1ccccc1OCCO. The number of hydrogen-bond donors (Lipinski definition) is 4. The van der Waals surface area contributed by atoms with Gasteiger partial charge in [-0.05, 0) is 49.1 Å². The Morgan fingerprint density at radius 3 is 2.58 bits per heavy atom. The number of anilines is 1. The molecule has 9 heteroatoms. The highest BCUT2D eigenvalue weighted by Crippen LogP contribution is 2.35. The maximum absolute atomic E-state index is 12.7. The van der Waals surface area contributed by atoms with Crippen LogP contribution in [0.15, 0.2) is 60.7 Å². The zero-order valence-electron chi connectivity index (χ0n) is 18.2. The minimum absolute atomic E-state index is 0.0918. The zero-order chi connectivity index (χ0) is 24.1. The van der Waals surface area contributed by atoms with Gasteiger partial charge in [0, 0.05) is 17.3 Å². The first-order valence-electron chi connectivity index (χ1n) is 10.4. The van der Waals surface area contributed by atoms with E-state index in [9.17, 15) is 9.59 Å². The summed E-state index contributed by atoms with van der Waals surface area (Å²) in [5.41, 5.74) is 3.12. The Morgan fingerprint density at radius 1 is 1.18 bits per heavy atom. The smallest absolute Gasteiger partial charge is 0.412 e. The molecule has 0 aliphatic carbocycles. The summed E-state index contributed by atoms with van der Waals surface area (Å²) in [6.45, 7) is 1.84. The van der Waals surface area contributed by atoms with Crippen molar-refractivity contribution in [3.63, 3.8) is 0 Å². The lowest BCUT2D eigenvalue weighted by atomic mass is 9.92. The van der Waals surface area contributed by atoms with Crippen LogP contribution in [0, 0.1) is 17.2 Å². The second-order valence-corrected chi connectivity index (χ2v) is 7.18. The molecule has 2 aromatic rings. The van der Waals surface area contributed by atoms with E-state index in [-0.39, 0.29) is 19.1 Å². The molecule has 4 N–H and O–H groups in total. The lowest BCUT2D eigenvalue weighted by Crippen LogP contribution is -2.22. The molecular weight excluding hydrogens is 426 g/mol. The van der Waals surface area contributed by atoms with Gasteiger partial charge in [0.15, 0.2) is 0 Å². The number of hydroxylamine groups is 1. The molecule has 9 nitrogen and oxygen atoms in total. The summed E-state index contributed by atoms with van der Waals surface area (Å²) in [5, 5.41) is 29.3. The maximum atomic E-state index is 12.7. The number of benzene rings is 2. The number of aliphatic hydroxyl groups excluding tert-OH is 1. The second-order valence-electron chi connectivity index (χ2n) is 7.18. The molecule has 0 spiro atoms. The van der Waals surface area contributed by atoms with Crippen molar-refractivity contribution in [2.45, 2.75) is 25.9 Å².